The molecule has 1 aliphatic heterocycles. The summed E-state index contributed by atoms with van der Waals surface area (Å²) in [7, 11) is 0. The Hall–Kier alpha value is -3.25. The van der Waals surface area contributed by atoms with Gasteiger partial charge < -0.3 is 4.74 Å². The third-order valence-electron chi connectivity index (χ3n) is 6.81. The number of hydrogen-bond donors (Lipinski definition) is 0. The molecule has 31 heavy (non-hydrogen) atoms. The molecule has 0 saturated carbocycles. The zero-order chi connectivity index (χ0) is 21.1. The lowest BCUT2D eigenvalue weighted by molar-refractivity contribution is -0.140. The van der Waals surface area contributed by atoms with Crippen LogP contribution in [0.25, 0.3) is 0 Å². The smallest absolute Gasteiger partial charge is 0.348 e. The zero-order valence-corrected chi connectivity index (χ0v) is 17.4. The van der Waals surface area contributed by atoms with Crippen LogP contribution in [0, 0.1) is 11.8 Å². The van der Waals surface area contributed by atoms with Gasteiger partial charge in [-0.3, -0.25) is 14.5 Å². The fourth-order valence-corrected chi connectivity index (χ4v) is 6.27. The standard InChI is InChI=1S/C25H19NO4S/c27-23-21-19-14-6-1-2-7-15(14)20(17-9-4-3-8-16(17)19)22(21)24(28)26(23)11-12-30-25(29)18-10-5-13-31-18/h1-10,13,19-22H,11-12H2/t19?,20?,21-,22-/m1/s1. The summed E-state index contributed by atoms with van der Waals surface area (Å²) in [4.78, 5) is 40.8. The molecule has 6 heteroatoms. The summed E-state index contributed by atoms with van der Waals surface area (Å²) in [5.41, 5.74) is 4.61. The molecule has 2 bridgehead atoms. The Kier molecular flexibility index (Phi) is 4.11. The Morgan fingerprint density at radius 2 is 1.32 bits per heavy atom. The van der Waals surface area contributed by atoms with E-state index in [-0.39, 0.29) is 36.8 Å². The molecular formula is C25H19NO4S. The van der Waals surface area contributed by atoms with Gasteiger partial charge in [0.25, 0.3) is 0 Å². The second-order valence-electron chi connectivity index (χ2n) is 8.21. The van der Waals surface area contributed by atoms with E-state index in [0.29, 0.717) is 4.88 Å². The summed E-state index contributed by atoms with van der Waals surface area (Å²) in [5.74, 6) is -1.74. The van der Waals surface area contributed by atoms with Crippen LogP contribution >= 0.6 is 11.3 Å². The highest BCUT2D eigenvalue weighted by atomic mass is 32.1. The molecule has 154 valence electrons. The molecule has 0 spiro atoms. The predicted molar refractivity (Wildman–Crippen MR) is 115 cm³/mol. The summed E-state index contributed by atoms with van der Waals surface area (Å²) in [6.07, 6.45) is 0. The molecule has 2 atom stereocenters. The highest BCUT2D eigenvalue weighted by Gasteiger charge is 2.61. The Morgan fingerprint density at radius 3 is 1.77 bits per heavy atom. The molecule has 3 aromatic rings. The minimum Gasteiger partial charge on any atom is -0.460 e. The van der Waals surface area contributed by atoms with Crippen molar-refractivity contribution in [1.82, 2.24) is 4.90 Å². The van der Waals surface area contributed by atoms with Crippen molar-refractivity contribution in [3.8, 4) is 0 Å². The van der Waals surface area contributed by atoms with Crippen LogP contribution in [0.3, 0.4) is 0 Å². The van der Waals surface area contributed by atoms with Crippen molar-refractivity contribution in [2.24, 2.45) is 11.8 Å². The lowest BCUT2D eigenvalue weighted by Gasteiger charge is -2.45. The Balaban J connectivity index is 1.31. The average molecular weight is 429 g/mol. The third-order valence-corrected chi connectivity index (χ3v) is 7.66. The summed E-state index contributed by atoms with van der Waals surface area (Å²) in [6, 6.07) is 19.8. The molecule has 0 radical (unpaired) electrons. The van der Waals surface area contributed by atoms with Crippen LogP contribution in [-0.4, -0.2) is 35.8 Å². The van der Waals surface area contributed by atoms with Crippen molar-refractivity contribution in [3.63, 3.8) is 0 Å². The van der Waals surface area contributed by atoms with Crippen LogP contribution < -0.4 is 0 Å². The van der Waals surface area contributed by atoms with Crippen LogP contribution in [0.4, 0.5) is 0 Å². The Labute approximate surface area is 183 Å². The Morgan fingerprint density at radius 1 is 0.806 bits per heavy atom. The quantitative estimate of drug-likeness (QED) is 0.468. The second-order valence-corrected chi connectivity index (χ2v) is 9.15. The van der Waals surface area contributed by atoms with Crippen LogP contribution in [-0.2, 0) is 14.3 Å². The van der Waals surface area contributed by atoms with E-state index in [1.54, 1.807) is 17.5 Å². The van der Waals surface area contributed by atoms with E-state index in [2.05, 4.69) is 24.3 Å². The van der Waals surface area contributed by atoms with E-state index in [0.717, 1.165) is 22.3 Å². The van der Waals surface area contributed by atoms with Gasteiger partial charge in [-0.25, -0.2) is 4.79 Å². The minimum atomic E-state index is -0.425. The van der Waals surface area contributed by atoms with Gasteiger partial charge in [-0.05, 0) is 33.7 Å². The first-order chi connectivity index (χ1) is 15.2. The van der Waals surface area contributed by atoms with Gasteiger partial charge in [0.05, 0.1) is 18.4 Å². The number of ether oxygens (including phenoxy) is 1. The number of rotatable bonds is 4. The van der Waals surface area contributed by atoms with Gasteiger partial charge in [0, 0.05) is 11.8 Å². The third kappa shape index (κ3) is 2.58. The fraction of sp³-hybridized carbons (Fsp3) is 0.240. The van der Waals surface area contributed by atoms with Gasteiger partial charge in [-0.1, -0.05) is 54.6 Å². The number of amides is 2. The summed E-state index contributed by atoms with van der Waals surface area (Å²) < 4.78 is 5.32. The lowest BCUT2D eigenvalue weighted by atomic mass is 9.55. The van der Waals surface area contributed by atoms with E-state index < -0.39 is 17.8 Å². The molecule has 2 heterocycles. The van der Waals surface area contributed by atoms with Crippen molar-refractivity contribution >= 4 is 29.1 Å². The van der Waals surface area contributed by atoms with Gasteiger partial charge in [-0.15, -0.1) is 11.3 Å². The predicted octanol–water partition coefficient (Wildman–Crippen LogP) is 3.80. The van der Waals surface area contributed by atoms with Gasteiger partial charge >= 0.3 is 5.97 Å². The monoisotopic (exact) mass is 429 g/mol. The van der Waals surface area contributed by atoms with Crippen molar-refractivity contribution in [3.05, 3.63) is 93.2 Å². The Bertz CT molecular complexity index is 1100. The maximum atomic E-state index is 13.4. The maximum Gasteiger partial charge on any atom is 0.348 e. The molecule has 3 aliphatic carbocycles. The summed E-state index contributed by atoms with van der Waals surface area (Å²) in [6.45, 7) is 0.0940. The number of carbonyl (C=O) groups is 3. The van der Waals surface area contributed by atoms with Gasteiger partial charge in [-0.2, -0.15) is 0 Å². The molecule has 1 aromatic heterocycles. The minimum absolute atomic E-state index is 0.00286. The van der Waals surface area contributed by atoms with E-state index in [1.165, 1.54) is 16.2 Å². The van der Waals surface area contributed by atoms with Crippen molar-refractivity contribution < 1.29 is 19.1 Å². The number of thiophene rings is 1. The van der Waals surface area contributed by atoms with Crippen LogP contribution in [0.5, 0.6) is 0 Å². The van der Waals surface area contributed by atoms with Crippen molar-refractivity contribution in [2.75, 3.05) is 13.2 Å². The largest absolute Gasteiger partial charge is 0.460 e. The number of hydrogen-bond acceptors (Lipinski definition) is 5. The van der Waals surface area contributed by atoms with Crippen LogP contribution in [0.2, 0.25) is 0 Å². The average Bonchev–Trinajstić information content (AvgIpc) is 3.43. The van der Waals surface area contributed by atoms with Gasteiger partial charge in [0.2, 0.25) is 11.8 Å². The van der Waals surface area contributed by atoms with Crippen molar-refractivity contribution in [2.45, 2.75) is 11.8 Å². The number of carbonyl (C=O) groups excluding carboxylic acids is 3. The number of benzene rings is 2. The number of nitrogens with zero attached hydrogens (tertiary/aromatic N) is 1. The zero-order valence-electron chi connectivity index (χ0n) is 16.6. The normalized spacial score (nSPS) is 25.2. The highest BCUT2D eigenvalue weighted by Crippen LogP contribution is 2.60. The lowest BCUT2D eigenvalue weighted by Crippen LogP contribution is -2.41. The highest BCUT2D eigenvalue weighted by molar-refractivity contribution is 7.11. The van der Waals surface area contributed by atoms with Gasteiger partial charge in [0.15, 0.2) is 0 Å². The molecule has 2 aromatic carbocycles. The van der Waals surface area contributed by atoms with Gasteiger partial charge in [0.1, 0.15) is 11.5 Å². The van der Waals surface area contributed by atoms with Crippen LogP contribution in [0.15, 0.2) is 66.0 Å². The summed E-state index contributed by atoms with van der Waals surface area (Å²) >= 11 is 1.30. The number of imide groups is 1. The van der Waals surface area contributed by atoms with E-state index in [9.17, 15) is 14.4 Å². The fourth-order valence-electron chi connectivity index (χ4n) is 5.65. The molecule has 1 fully saturated rings. The first kappa shape index (κ1) is 18.5. The molecule has 0 unspecified atom stereocenters. The van der Waals surface area contributed by atoms with Crippen LogP contribution in [0.1, 0.15) is 43.8 Å². The molecule has 7 rings (SSSR count). The first-order valence-electron chi connectivity index (χ1n) is 10.4. The second kappa shape index (κ2) is 6.89. The first-order valence-corrected chi connectivity index (χ1v) is 11.3. The SMILES string of the molecule is O=C(OCCN1C(=O)[C@@H]2C3c4ccccc4C(c4ccccc43)[C@H]2C1=O)c1cccs1. The number of likely N-dealkylation sites (tertiary alicyclic amines) is 1. The molecule has 4 aliphatic rings. The van der Waals surface area contributed by atoms with E-state index >= 15 is 0 Å². The molecule has 5 nitrogen and oxygen atoms in total. The maximum absolute atomic E-state index is 13.4. The molecular weight excluding hydrogens is 410 g/mol. The van der Waals surface area contributed by atoms with E-state index in [4.69, 9.17) is 4.74 Å². The van der Waals surface area contributed by atoms with E-state index in [1.807, 2.05) is 24.3 Å². The van der Waals surface area contributed by atoms with Crippen molar-refractivity contribution in [1.29, 1.82) is 0 Å². The summed E-state index contributed by atoms with van der Waals surface area (Å²) in [5, 5.41) is 1.81. The topological polar surface area (TPSA) is 63.7 Å². The molecule has 0 N–H and O–H groups in total. The number of esters is 1. The molecule has 1 saturated heterocycles. The molecule has 2 amide bonds.